The largest absolute Gasteiger partial charge is 0.350 e. The summed E-state index contributed by atoms with van der Waals surface area (Å²) in [5.41, 5.74) is 5.58. The van der Waals surface area contributed by atoms with Crippen LogP contribution in [-0.2, 0) is 16.0 Å². The van der Waals surface area contributed by atoms with Gasteiger partial charge in [-0.2, -0.15) is 0 Å². The number of hydrogen-bond acceptors (Lipinski definition) is 4. The molecule has 0 spiro atoms. The molecule has 1 N–H and O–H groups in total. The monoisotopic (exact) mass is 430 g/mol. The highest BCUT2D eigenvalue weighted by molar-refractivity contribution is 7.11. The molecule has 0 saturated heterocycles. The second-order valence-electron chi connectivity index (χ2n) is 7.82. The van der Waals surface area contributed by atoms with E-state index in [1.54, 1.807) is 0 Å². The number of imide groups is 1. The second kappa shape index (κ2) is 8.90. The zero-order chi connectivity index (χ0) is 22.0. The van der Waals surface area contributed by atoms with E-state index in [2.05, 4.69) is 12.2 Å². The lowest BCUT2D eigenvalue weighted by atomic mass is 10.1. The number of anilines is 2. The maximum absolute atomic E-state index is 13.5. The molecular weight excluding hydrogens is 404 g/mol. The van der Waals surface area contributed by atoms with E-state index in [0.717, 1.165) is 41.0 Å². The first-order valence-electron chi connectivity index (χ1n) is 10.6. The minimum absolute atomic E-state index is 0.290. The van der Waals surface area contributed by atoms with Gasteiger partial charge in [-0.25, -0.2) is 4.90 Å². The molecule has 0 radical (unpaired) electrons. The van der Waals surface area contributed by atoms with Crippen molar-refractivity contribution < 1.29 is 9.59 Å². The summed E-state index contributed by atoms with van der Waals surface area (Å²) in [5, 5.41) is 5.20. The average Bonchev–Trinajstić information content (AvgIpc) is 3.37. The molecule has 0 aliphatic carbocycles. The number of carbonyl (C=O) groups is 2. The van der Waals surface area contributed by atoms with E-state index < -0.39 is 0 Å². The molecule has 2 amide bonds. The molecule has 0 fully saturated rings. The number of nitrogens with one attached hydrogen (secondary N) is 1. The summed E-state index contributed by atoms with van der Waals surface area (Å²) in [5.74, 6) is -0.614. The number of amides is 2. The summed E-state index contributed by atoms with van der Waals surface area (Å²) in [6.45, 7) is 6.21. The number of unbranched alkanes of at least 4 members (excludes halogenated alkanes) is 1. The highest BCUT2D eigenvalue weighted by atomic mass is 32.1. The molecule has 2 heterocycles. The number of thiophene rings is 1. The molecule has 0 saturated carbocycles. The summed E-state index contributed by atoms with van der Waals surface area (Å²) in [6, 6.07) is 17.4. The summed E-state index contributed by atoms with van der Waals surface area (Å²) in [6.07, 6.45) is 3.25. The van der Waals surface area contributed by atoms with Crippen molar-refractivity contribution in [3.8, 4) is 0 Å². The van der Waals surface area contributed by atoms with Gasteiger partial charge in [0.05, 0.1) is 11.3 Å². The van der Waals surface area contributed by atoms with E-state index >= 15 is 0 Å². The van der Waals surface area contributed by atoms with Crippen LogP contribution < -0.4 is 10.2 Å². The Balaban J connectivity index is 1.72. The number of carbonyl (C=O) groups excluding carboxylic acids is 2. The highest BCUT2D eigenvalue weighted by Crippen LogP contribution is 2.36. The molecule has 1 aromatic heterocycles. The minimum Gasteiger partial charge on any atom is -0.350 e. The summed E-state index contributed by atoms with van der Waals surface area (Å²) >= 11 is 1.46. The van der Waals surface area contributed by atoms with Gasteiger partial charge < -0.3 is 5.32 Å². The van der Waals surface area contributed by atoms with Gasteiger partial charge in [0.25, 0.3) is 11.8 Å². The minimum atomic E-state index is -0.324. The van der Waals surface area contributed by atoms with Crippen molar-refractivity contribution in [2.24, 2.45) is 0 Å². The van der Waals surface area contributed by atoms with Crippen LogP contribution in [0.3, 0.4) is 0 Å². The van der Waals surface area contributed by atoms with Gasteiger partial charge in [-0.3, -0.25) is 9.59 Å². The van der Waals surface area contributed by atoms with Crippen LogP contribution in [-0.4, -0.2) is 11.8 Å². The van der Waals surface area contributed by atoms with Gasteiger partial charge in [-0.05, 0) is 73.0 Å². The Kier molecular flexibility index (Phi) is 6.05. The Bertz CT molecular complexity index is 1140. The summed E-state index contributed by atoms with van der Waals surface area (Å²) in [7, 11) is 0. The first-order valence-corrected chi connectivity index (χ1v) is 11.5. The Morgan fingerprint density at radius 2 is 1.71 bits per heavy atom. The van der Waals surface area contributed by atoms with Gasteiger partial charge in [-0.1, -0.05) is 43.7 Å². The predicted molar refractivity (Wildman–Crippen MR) is 128 cm³/mol. The zero-order valence-corrected chi connectivity index (χ0v) is 18.9. The lowest BCUT2D eigenvalue weighted by Gasteiger charge is -2.16. The SMILES string of the molecule is CCCCc1ccc(N2C(=O)C(Nc3cccc(C)c3C)=C(c3cccs3)C2=O)cc1. The molecule has 4 rings (SSSR count). The standard InChI is InChI=1S/C26H26N2O2S/c1-4-5-9-19-12-14-20(15-13-19)28-25(29)23(22-11-7-16-31-22)24(26(28)30)27-21-10-6-8-17(2)18(21)3/h6-8,10-16,27H,4-5,9H2,1-3H3. The van der Waals surface area contributed by atoms with Crippen molar-refractivity contribution in [1.29, 1.82) is 0 Å². The third-order valence-electron chi connectivity index (χ3n) is 5.73. The van der Waals surface area contributed by atoms with E-state index in [-0.39, 0.29) is 11.8 Å². The molecule has 0 bridgehead atoms. The predicted octanol–water partition coefficient (Wildman–Crippen LogP) is 6.10. The third-order valence-corrected chi connectivity index (χ3v) is 6.62. The average molecular weight is 431 g/mol. The Morgan fingerprint density at radius 3 is 2.39 bits per heavy atom. The molecule has 158 valence electrons. The Labute approximate surface area is 187 Å². The number of aryl methyl sites for hydroxylation is 2. The van der Waals surface area contributed by atoms with Gasteiger partial charge in [0.2, 0.25) is 0 Å². The van der Waals surface area contributed by atoms with Crippen LogP contribution >= 0.6 is 11.3 Å². The number of benzene rings is 2. The molecule has 1 aliphatic heterocycles. The van der Waals surface area contributed by atoms with Crippen LogP contribution in [0.5, 0.6) is 0 Å². The molecule has 5 heteroatoms. The Hall–Kier alpha value is -3.18. The van der Waals surface area contributed by atoms with Crippen molar-refractivity contribution >= 4 is 40.1 Å². The van der Waals surface area contributed by atoms with E-state index in [0.29, 0.717) is 17.0 Å². The van der Waals surface area contributed by atoms with Crippen LogP contribution in [0, 0.1) is 13.8 Å². The molecule has 31 heavy (non-hydrogen) atoms. The molecule has 0 unspecified atom stereocenters. The number of rotatable bonds is 7. The second-order valence-corrected chi connectivity index (χ2v) is 8.76. The molecule has 2 aromatic carbocycles. The van der Waals surface area contributed by atoms with Crippen molar-refractivity contribution in [3.05, 3.63) is 87.2 Å². The maximum atomic E-state index is 13.5. The molecular formula is C26H26N2O2S. The maximum Gasteiger partial charge on any atom is 0.282 e. The van der Waals surface area contributed by atoms with E-state index in [1.165, 1.54) is 21.8 Å². The third kappa shape index (κ3) is 4.06. The lowest BCUT2D eigenvalue weighted by Crippen LogP contribution is -2.32. The number of nitrogens with zero attached hydrogens (tertiary/aromatic N) is 1. The van der Waals surface area contributed by atoms with Gasteiger partial charge in [0, 0.05) is 10.6 Å². The van der Waals surface area contributed by atoms with Crippen molar-refractivity contribution in [3.63, 3.8) is 0 Å². The van der Waals surface area contributed by atoms with Crippen LogP contribution in [0.4, 0.5) is 11.4 Å². The van der Waals surface area contributed by atoms with Gasteiger partial charge in [0.1, 0.15) is 5.70 Å². The zero-order valence-electron chi connectivity index (χ0n) is 18.1. The van der Waals surface area contributed by atoms with E-state index in [1.807, 2.05) is 73.8 Å². The highest BCUT2D eigenvalue weighted by Gasteiger charge is 2.40. The fourth-order valence-electron chi connectivity index (χ4n) is 3.74. The summed E-state index contributed by atoms with van der Waals surface area (Å²) < 4.78 is 0. The van der Waals surface area contributed by atoms with Gasteiger partial charge >= 0.3 is 0 Å². The molecule has 3 aromatic rings. The van der Waals surface area contributed by atoms with Crippen LogP contribution in [0.15, 0.2) is 65.7 Å². The molecule has 1 aliphatic rings. The van der Waals surface area contributed by atoms with E-state index in [4.69, 9.17) is 0 Å². The first-order chi connectivity index (χ1) is 15.0. The van der Waals surface area contributed by atoms with Gasteiger partial charge in [0.15, 0.2) is 0 Å². The fraction of sp³-hybridized carbons (Fsp3) is 0.231. The quantitative estimate of drug-likeness (QED) is 0.461. The molecule has 4 nitrogen and oxygen atoms in total. The first kappa shape index (κ1) is 21.1. The van der Waals surface area contributed by atoms with Crippen LogP contribution in [0.2, 0.25) is 0 Å². The molecule has 0 atom stereocenters. The van der Waals surface area contributed by atoms with Crippen molar-refractivity contribution in [2.75, 3.05) is 10.2 Å². The van der Waals surface area contributed by atoms with Crippen molar-refractivity contribution in [2.45, 2.75) is 40.0 Å². The fourth-order valence-corrected chi connectivity index (χ4v) is 4.51. The topological polar surface area (TPSA) is 49.4 Å². The van der Waals surface area contributed by atoms with Crippen molar-refractivity contribution in [1.82, 2.24) is 0 Å². The smallest absolute Gasteiger partial charge is 0.282 e. The van der Waals surface area contributed by atoms with Gasteiger partial charge in [-0.15, -0.1) is 11.3 Å². The van der Waals surface area contributed by atoms with Crippen LogP contribution in [0.1, 0.15) is 41.3 Å². The number of hydrogen-bond donors (Lipinski definition) is 1. The summed E-state index contributed by atoms with van der Waals surface area (Å²) in [4.78, 5) is 29.0. The Morgan fingerprint density at radius 1 is 0.935 bits per heavy atom. The lowest BCUT2D eigenvalue weighted by molar-refractivity contribution is -0.120. The van der Waals surface area contributed by atoms with Crippen LogP contribution in [0.25, 0.3) is 5.57 Å². The van der Waals surface area contributed by atoms with E-state index in [9.17, 15) is 9.59 Å². The normalized spacial score (nSPS) is 14.0.